The van der Waals surface area contributed by atoms with Gasteiger partial charge in [-0.05, 0) is 20.8 Å². The Morgan fingerprint density at radius 2 is 2.05 bits per heavy atom. The first kappa shape index (κ1) is 15.2. The third kappa shape index (κ3) is 3.65. The van der Waals surface area contributed by atoms with Crippen molar-refractivity contribution in [1.29, 1.82) is 0 Å². The standard InChI is InChI=1S/C13H24N6S/c1-6-14-10-15-11(18(4)5)17-12(16-10)19-7-8-20-13(2,3)9-19/h6-9H2,1-5H3,(H,14,15,16,17). The fraction of sp³-hybridized carbons (Fsp3) is 0.769. The molecule has 0 amide bonds. The van der Waals surface area contributed by atoms with Crippen LogP contribution >= 0.6 is 11.8 Å². The van der Waals surface area contributed by atoms with Gasteiger partial charge < -0.3 is 15.1 Å². The number of thioether (sulfide) groups is 1. The van der Waals surface area contributed by atoms with E-state index >= 15 is 0 Å². The highest BCUT2D eigenvalue weighted by Crippen LogP contribution is 2.31. The summed E-state index contributed by atoms with van der Waals surface area (Å²) >= 11 is 2.00. The molecular formula is C13H24N6S. The molecule has 0 saturated carbocycles. The molecule has 1 aromatic heterocycles. The maximum absolute atomic E-state index is 4.58. The van der Waals surface area contributed by atoms with Gasteiger partial charge in [-0.3, -0.25) is 0 Å². The number of nitrogens with zero attached hydrogens (tertiary/aromatic N) is 5. The molecule has 0 radical (unpaired) electrons. The summed E-state index contributed by atoms with van der Waals surface area (Å²) < 4.78 is 0.238. The molecule has 0 aliphatic carbocycles. The fourth-order valence-corrected chi connectivity index (χ4v) is 3.23. The molecule has 20 heavy (non-hydrogen) atoms. The highest BCUT2D eigenvalue weighted by atomic mass is 32.2. The SMILES string of the molecule is CCNc1nc(N(C)C)nc(N2CCSC(C)(C)C2)n1. The van der Waals surface area contributed by atoms with Crippen LogP contribution in [0.5, 0.6) is 0 Å². The highest BCUT2D eigenvalue weighted by molar-refractivity contribution is 8.00. The second kappa shape index (κ2) is 6.03. The van der Waals surface area contributed by atoms with E-state index in [0.717, 1.165) is 31.3 Å². The summed E-state index contributed by atoms with van der Waals surface area (Å²) in [6, 6.07) is 0. The first-order valence-corrected chi connectivity index (χ1v) is 7.96. The van der Waals surface area contributed by atoms with Crippen LogP contribution < -0.4 is 15.1 Å². The molecule has 0 atom stereocenters. The van der Waals surface area contributed by atoms with Gasteiger partial charge in [-0.15, -0.1) is 0 Å². The first-order valence-electron chi connectivity index (χ1n) is 6.97. The molecule has 112 valence electrons. The quantitative estimate of drug-likeness (QED) is 0.907. The Bertz CT molecular complexity index is 462. The topological polar surface area (TPSA) is 57.2 Å². The number of aromatic nitrogens is 3. The molecule has 0 spiro atoms. The Hall–Kier alpha value is -1.24. The minimum atomic E-state index is 0.238. The van der Waals surface area contributed by atoms with Gasteiger partial charge in [-0.2, -0.15) is 26.7 Å². The molecule has 1 aromatic rings. The third-order valence-electron chi connectivity index (χ3n) is 3.06. The van der Waals surface area contributed by atoms with Crippen molar-refractivity contribution in [2.75, 3.05) is 54.6 Å². The fourth-order valence-electron chi connectivity index (χ4n) is 2.12. The Balaban J connectivity index is 2.29. The van der Waals surface area contributed by atoms with Crippen molar-refractivity contribution in [2.24, 2.45) is 0 Å². The van der Waals surface area contributed by atoms with Gasteiger partial charge in [0.2, 0.25) is 17.8 Å². The predicted octanol–water partition coefficient (Wildman–Crippen LogP) is 1.70. The Kier molecular flexibility index (Phi) is 4.57. The van der Waals surface area contributed by atoms with Crippen molar-refractivity contribution in [1.82, 2.24) is 15.0 Å². The molecule has 6 nitrogen and oxygen atoms in total. The van der Waals surface area contributed by atoms with E-state index in [1.165, 1.54) is 0 Å². The van der Waals surface area contributed by atoms with E-state index in [1.54, 1.807) is 0 Å². The number of hydrogen-bond donors (Lipinski definition) is 1. The molecule has 1 N–H and O–H groups in total. The minimum absolute atomic E-state index is 0.238. The van der Waals surface area contributed by atoms with Crippen LogP contribution in [0.3, 0.4) is 0 Å². The predicted molar refractivity (Wildman–Crippen MR) is 87.1 cm³/mol. The van der Waals surface area contributed by atoms with E-state index in [2.05, 4.69) is 39.0 Å². The van der Waals surface area contributed by atoms with Gasteiger partial charge in [-0.1, -0.05) is 0 Å². The van der Waals surface area contributed by atoms with Crippen molar-refractivity contribution in [3.63, 3.8) is 0 Å². The summed E-state index contributed by atoms with van der Waals surface area (Å²) in [5, 5.41) is 3.18. The summed E-state index contributed by atoms with van der Waals surface area (Å²) in [5.74, 6) is 3.22. The average molecular weight is 296 g/mol. The molecule has 2 rings (SSSR count). The van der Waals surface area contributed by atoms with Crippen LogP contribution in [0.4, 0.5) is 17.8 Å². The van der Waals surface area contributed by atoms with Crippen LogP contribution in [-0.4, -0.2) is 59.2 Å². The zero-order valence-corrected chi connectivity index (χ0v) is 13.8. The van der Waals surface area contributed by atoms with Crippen LogP contribution in [0, 0.1) is 0 Å². The molecule has 1 aliphatic rings. The molecular weight excluding hydrogens is 272 g/mol. The summed E-state index contributed by atoms with van der Waals surface area (Å²) in [6.07, 6.45) is 0. The van der Waals surface area contributed by atoms with Gasteiger partial charge >= 0.3 is 0 Å². The first-order chi connectivity index (χ1) is 9.41. The molecule has 7 heteroatoms. The van der Waals surface area contributed by atoms with Crippen molar-refractivity contribution >= 4 is 29.6 Å². The lowest BCUT2D eigenvalue weighted by molar-refractivity contribution is 0.634. The van der Waals surface area contributed by atoms with Gasteiger partial charge in [0.1, 0.15) is 0 Å². The second-order valence-corrected chi connectivity index (χ2v) is 7.52. The molecule has 2 heterocycles. The summed E-state index contributed by atoms with van der Waals surface area (Å²) in [6.45, 7) is 9.32. The van der Waals surface area contributed by atoms with Crippen molar-refractivity contribution in [3.05, 3.63) is 0 Å². The Labute approximate surface area is 125 Å². The number of anilines is 3. The van der Waals surface area contributed by atoms with Crippen molar-refractivity contribution in [2.45, 2.75) is 25.5 Å². The Morgan fingerprint density at radius 3 is 2.65 bits per heavy atom. The highest BCUT2D eigenvalue weighted by Gasteiger charge is 2.29. The van der Waals surface area contributed by atoms with E-state index in [1.807, 2.05) is 37.7 Å². The normalized spacial score (nSPS) is 17.9. The van der Waals surface area contributed by atoms with Crippen LogP contribution in [0.15, 0.2) is 0 Å². The monoisotopic (exact) mass is 296 g/mol. The van der Waals surface area contributed by atoms with Gasteiger partial charge in [0.15, 0.2) is 0 Å². The molecule has 1 fully saturated rings. The summed E-state index contributed by atoms with van der Waals surface area (Å²) in [7, 11) is 3.90. The van der Waals surface area contributed by atoms with Gasteiger partial charge in [0.25, 0.3) is 0 Å². The van der Waals surface area contributed by atoms with Crippen molar-refractivity contribution in [3.8, 4) is 0 Å². The third-order valence-corrected chi connectivity index (χ3v) is 4.35. The minimum Gasteiger partial charge on any atom is -0.354 e. The van der Waals surface area contributed by atoms with Crippen LogP contribution in [0.25, 0.3) is 0 Å². The molecule has 1 aliphatic heterocycles. The lowest BCUT2D eigenvalue weighted by Gasteiger charge is -2.37. The summed E-state index contributed by atoms with van der Waals surface area (Å²) in [4.78, 5) is 17.7. The molecule has 1 saturated heterocycles. The van der Waals surface area contributed by atoms with E-state index in [0.29, 0.717) is 11.9 Å². The van der Waals surface area contributed by atoms with Crippen LogP contribution in [-0.2, 0) is 0 Å². The molecule has 0 aromatic carbocycles. The van der Waals surface area contributed by atoms with E-state index in [9.17, 15) is 0 Å². The number of hydrogen-bond acceptors (Lipinski definition) is 7. The van der Waals surface area contributed by atoms with Gasteiger partial charge in [0, 0.05) is 44.2 Å². The maximum Gasteiger partial charge on any atom is 0.232 e. The second-order valence-electron chi connectivity index (χ2n) is 5.71. The summed E-state index contributed by atoms with van der Waals surface area (Å²) in [5.41, 5.74) is 0. The van der Waals surface area contributed by atoms with Gasteiger partial charge in [-0.25, -0.2) is 0 Å². The van der Waals surface area contributed by atoms with Crippen molar-refractivity contribution < 1.29 is 0 Å². The zero-order valence-electron chi connectivity index (χ0n) is 13.0. The smallest absolute Gasteiger partial charge is 0.232 e. The lowest BCUT2D eigenvalue weighted by atomic mass is 10.2. The zero-order chi connectivity index (χ0) is 14.8. The maximum atomic E-state index is 4.58. The van der Waals surface area contributed by atoms with Crippen LogP contribution in [0.1, 0.15) is 20.8 Å². The van der Waals surface area contributed by atoms with Crippen LogP contribution in [0.2, 0.25) is 0 Å². The largest absolute Gasteiger partial charge is 0.354 e. The van der Waals surface area contributed by atoms with E-state index in [4.69, 9.17) is 0 Å². The number of nitrogens with one attached hydrogen (secondary N) is 1. The van der Waals surface area contributed by atoms with E-state index < -0.39 is 0 Å². The number of rotatable bonds is 4. The van der Waals surface area contributed by atoms with E-state index in [-0.39, 0.29) is 4.75 Å². The molecule has 0 unspecified atom stereocenters. The molecule has 0 bridgehead atoms. The Morgan fingerprint density at radius 1 is 1.30 bits per heavy atom. The lowest BCUT2D eigenvalue weighted by Crippen LogP contribution is -2.44. The average Bonchev–Trinajstić information content (AvgIpc) is 2.37. The van der Waals surface area contributed by atoms with Gasteiger partial charge in [0.05, 0.1) is 0 Å².